The van der Waals surface area contributed by atoms with Gasteiger partial charge in [0.05, 0.1) is 6.54 Å². The Labute approximate surface area is 110 Å². The van der Waals surface area contributed by atoms with Crippen molar-refractivity contribution in [2.45, 2.75) is 26.2 Å². The van der Waals surface area contributed by atoms with Crippen LogP contribution in [0.2, 0.25) is 0 Å². The number of methoxy groups -OCH3 is 1. The van der Waals surface area contributed by atoms with Crippen LogP contribution < -0.4 is 10.6 Å². The fourth-order valence-electron chi connectivity index (χ4n) is 2.03. The second kappa shape index (κ2) is 8.45. The summed E-state index contributed by atoms with van der Waals surface area (Å²) in [6.45, 7) is 6.55. The second-order valence-electron chi connectivity index (χ2n) is 5.22. The van der Waals surface area contributed by atoms with Gasteiger partial charge in [-0.05, 0) is 24.7 Å². The summed E-state index contributed by atoms with van der Waals surface area (Å²) in [5.41, 5.74) is 0.272. The van der Waals surface area contributed by atoms with E-state index in [2.05, 4.69) is 17.6 Å². The van der Waals surface area contributed by atoms with Gasteiger partial charge in [0, 0.05) is 40.0 Å². The number of rotatable bonds is 8. The van der Waals surface area contributed by atoms with Crippen molar-refractivity contribution < 1.29 is 14.3 Å². The van der Waals surface area contributed by atoms with E-state index in [0.717, 1.165) is 39.0 Å². The molecule has 106 valence electrons. The first-order chi connectivity index (χ1) is 8.66. The first-order valence-corrected chi connectivity index (χ1v) is 6.70. The lowest BCUT2D eigenvalue weighted by Gasteiger charge is -2.33. The predicted octanol–water partition coefficient (Wildman–Crippen LogP) is 0.545. The van der Waals surface area contributed by atoms with Gasteiger partial charge < -0.3 is 20.1 Å². The van der Waals surface area contributed by atoms with Crippen LogP contribution >= 0.6 is 0 Å². The van der Waals surface area contributed by atoms with Crippen LogP contribution in [-0.2, 0) is 14.3 Å². The maximum atomic E-state index is 11.5. The van der Waals surface area contributed by atoms with Gasteiger partial charge in [0.25, 0.3) is 0 Å². The maximum absolute atomic E-state index is 11.5. The van der Waals surface area contributed by atoms with Crippen LogP contribution in [0.3, 0.4) is 0 Å². The Morgan fingerprint density at radius 2 is 2.11 bits per heavy atom. The number of hydrogen-bond acceptors (Lipinski definition) is 4. The summed E-state index contributed by atoms with van der Waals surface area (Å²) in [6, 6.07) is 0. The van der Waals surface area contributed by atoms with Crippen LogP contribution in [0.15, 0.2) is 0 Å². The molecular weight excluding hydrogens is 232 g/mol. The number of ether oxygens (including phenoxy) is 2. The molecule has 1 aliphatic heterocycles. The first kappa shape index (κ1) is 15.4. The summed E-state index contributed by atoms with van der Waals surface area (Å²) in [5, 5.41) is 6.10. The van der Waals surface area contributed by atoms with E-state index in [4.69, 9.17) is 9.47 Å². The molecule has 1 amide bonds. The zero-order valence-electron chi connectivity index (χ0n) is 11.6. The molecule has 1 heterocycles. The van der Waals surface area contributed by atoms with Gasteiger partial charge in [-0.25, -0.2) is 0 Å². The third-order valence-corrected chi connectivity index (χ3v) is 3.38. The molecule has 0 radical (unpaired) electrons. The van der Waals surface area contributed by atoms with E-state index in [1.165, 1.54) is 0 Å². The van der Waals surface area contributed by atoms with E-state index in [9.17, 15) is 4.79 Å². The molecule has 0 unspecified atom stereocenters. The van der Waals surface area contributed by atoms with Crippen molar-refractivity contribution in [2.75, 3.05) is 46.6 Å². The van der Waals surface area contributed by atoms with Crippen LogP contribution in [0.25, 0.3) is 0 Å². The van der Waals surface area contributed by atoms with Gasteiger partial charge in [0.1, 0.15) is 0 Å². The maximum Gasteiger partial charge on any atom is 0.233 e. The number of nitrogens with one attached hydrogen (secondary N) is 2. The highest BCUT2D eigenvalue weighted by atomic mass is 16.5. The second-order valence-corrected chi connectivity index (χ2v) is 5.22. The molecule has 1 fully saturated rings. The van der Waals surface area contributed by atoms with Crippen LogP contribution in [0, 0.1) is 5.41 Å². The normalized spacial score (nSPS) is 18.6. The molecule has 5 heteroatoms. The summed E-state index contributed by atoms with van der Waals surface area (Å²) in [7, 11) is 1.66. The minimum atomic E-state index is 0.0572. The molecule has 0 aromatic carbocycles. The predicted molar refractivity (Wildman–Crippen MR) is 70.5 cm³/mol. The van der Waals surface area contributed by atoms with Gasteiger partial charge >= 0.3 is 0 Å². The minimum absolute atomic E-state index is 0.0572. The van der Waals surface area contributed by atoms with Crippen molar-refractivity contribution in [3.05, 3.63) is 0 Å². The topological polar surface area (TPSA) is 59.6 Å². The Kier molecular flexibility index (Phi) is 7.23. The van der Waals surface area contributed by atoms with Gasteiger partial charge in [0.2, 0.25) is 5.91 Å². The van der Waals surface area contributed by atoms with Crippen molar-refractivity contribution in [1.82, 2.24) is 10.6 Å². The number of carbonyl (C=O) groups excluding carboxylic acids is 1. The number of hydrogen-bond donors (Lipinski definition) is 2. The summed E-state index contributed by atoms with van der Waals surface area (Å²) < 4.78 is 10.3. The lowest BCUT2D eigenvalue weighted by atomic mass is 9.82. The molecule has 0 aromatic heterocycles. The Morgan fingerprint density at radius 1 is 1.39 bits per heavy atom. The van der Waals surface area contributed by atoms with Crippen molar-refractivity contribution in [2.24, 2.45) is 5.41 Å². The van der Waals surface area contributed by atoms with Crippen molar-refractivity contribution >= 4 is 5.91 Å². The fraction of sp³-hybridized carbons (Fsp3) is 0.923. The average Bonchev–Trinajstić information content (AvgIpc) is 2.35. The number of amides is 1. The van der Waals surface area contributed by atoms with E-state index in [0.29, 0.717) is 19.7 Å². The summed E-state index contributed by atoms with van der Waals surface area (Å²) in [6.07, 6.45) is 2.99. The molecule has 0 aliphatic carbocycles. The molecule has 1 rings (SSSR count). The van der Waals surface area contributed by atoms with Gasteiger partial charge in [0.15, 0.2) is 0 Å². The average molecular weight is 258 g/mol. The minimum Gasteiger partial charge on any atom is -0.385 e. The molecule has 5 nitrogen and oxygen atoms in total. The highest BCUT2D eigenvalue weighted by Crippen LogP contribution is 2.28. The Bertz CT molecular complexity index is 240. The molecule has 0 spiro atoms. The van der Waals surface area contributed by atoms with Crippen LogP contribution in [0.4, 0.5) is 0 Å². The van der Waals surface area contributed by atoms with E-state index < -0.39 is 0 Å². The van der Waals surface area contributed by atoms with Crippen LogP contribution in [0.1, 0.15) is 26.2 Å². The molecular formula is C13H26N2O3. The fourth-order valence-corrected chi connectivity index (χ4v) is 2.03. The highest BCUT2D eigenvalue weighted by Gasteiger charge is 2.26. The van der Waals surface area contributed by atoms with Gasteiger partial charge in [-0.3, -0.25) is 4.79 Å². The molecule has 0 aromatic rings. The SMILES string of the molecule is COCCCNC(=O)CNCC1(C)CCOCC1. The zero-order valence-corrected chi connectivity index (χ0v) is 11.6. The third-order valence-electron chi connectivity index (χ3n) is 3.38. The van der Waals surface area contributed by atoms with Crippen molar-refractivity contribution in [1.29, 1.82) is 0 Å². The van der Waals surface area contributed by atoms with E-state index in [-0.39, 0.29) is 11.3 Å². The van der Waals surface area contributed by atoms with E-state index >= 15 is 0 Å². The van der Waals surface area contributed by atoms with E-state index in [1.807, 2.05) is 0 Å². The van der Waals surface area contributed by atoms with E-state index in [1.54, 1.807) is 7.11 Å². The monoisotopic (exact) mass is 258 g/mol. The van der Waals surface area contributed by atoms with Crippen molar-refractivity contribution in [3.8, 4) is 0 Å². The van der Waals surface area contributed by atoms with Crippen LogP contribution in [-0.4, -0.2) is 52.5 Å². The molecule has 1 aliphatic rings. The zero-order chi connectivity index (χ0) is 13.3. The van der Waals surface area contributed by atoms with Crippen molar-refractivity contribution in [3.63, 3.8) is 0 Å². The molecule has 0 saturated carbocycles. The molecule has 18 heavy (non-hydrogen) atoms. The quantitative estimate of drug-likeness (QED) is 0.624. The lowest BCUT2D eigenvalue weighted by molar-refractivity contribution is -0.120. The Morgan fingerprint density at radius 3 is 2.78 bits per heavy atom. The standard InChI is InChI=1S/C13H26N2O3/c1-13(4-8-18-9-5-13)11-14-10-12(16)15-6-3-7-17-2/h14H,3-11H2,1-2H3,(H,15,16). The van der Waals surface area contributed by atoms with Gasteiger partial charge in [-0.1, -0.05) is 6.92 Å². The summed E-state index contributed by atoms with van der Waals surface area (Å²) >= 11 is 0. The largest absolute Gasteiger partial charge is 0.385 e. The first-order valence-electron chi connectivity index (χ1n) is 6.70. The highest BCUT2D eigenvalue weighted by molar-refractivity contribution is 5.77. The third kappa shape index (κ3) is 6.33. The smallest absolute Gasteiger partial charge is 0.233 e. The molecule has 0 atom stereocenters. The lowest BCUT2D eigenvalue weighted by Crippen LogP contribution is -2.41. The summed E-state index contributed by atoms with van der Waals surface area (Å²) in [5.74, 6) is 0.0572. The van der Waals surface area contributed by atoms with Crippen LogP contribution in [0.5, 0.6) is 0 Å². The molecule has 0 bridgehead atoms. The molecule has 1 saturated heterocycles. The Hall–Kier alpha value is -0.650. The molecule has 2 N–H and O–H groups in total. The van der Waals surface area contributed by atoms with Gasteiger partial charge in [-0.15, -0.1) is 0 Å². The summed E-state index contributed by atoms with van der Waals surface area (Å²) in [4.78, 5) is 11.5. The van der Waals surface area contributed by atoms with Gasteiger partial charge in [-0.2, -0.15) is 0 Å². The Balaban J connectivity index is 2.04. The number of carbonyl (C=O) groups is 1.